The molecule has 0 saturated carbocycles. The van der Waals surface area contributed by atoms with Gasteiger partial charge in [0, 0.05) is 13.0 Å². The Kier molecular flexibility index (Phi) is 5.83. The molecule has 0 spiro atoms. The molecule has 0 aromatic carbocycles. The van der Waals surface area contributed by atoms with Crippen molar-refractivity contribution < 1.29 is 4.79 Å². The van der Waals surface area contributed by atoms with Crippen LogP contribution in [0.5, 0.6) is 0 Å². The highest BCUT2D eigenvalue weighted by Gasteiger charge is 2.05. The lowest BCUT2D eigenvalue weighted by molar-refractivity contribution is -0.120. The van der Waals surface area contributed by atoms with Gasteiger partial charge in [0.2, 0.25) is 5.91 Å². The zero-order valence-electron chi connectivity index (χ0n) is 9.59. The SMILES string of the molecule is CCCCCNC(=O)CC1=CC=CCC1. The Morgan fingerprint density at radius 3 is 3.00 bits per heavy atom. The van der Waals surface area contributed by atoms with Gasteiger partial charge < -0.3 is 5.32 Å². The molecule has 1 aliphatic rings. The van der Waals surface area contributed by atoms with Crippen molar-refractivity contribution in [1.29, 1.82) is 0 Å². The zero-order chi connectivity index (χ0) is 10.9. The Labute approximate surface area is 92.4 Å². The third kappa shape index (κ3) is 5.40. The van der Waals surface area contributed by atoms with Gasteiger partial charge in [-0.15, -0.1) is 0 Å². The number of hydrogen-bond donors (Lipinski definition) is 1. The molecule has 0 saturated heterocycles. The number of carbonyl (C=O) groups is 1. The fourth-order valence-corrected chi connectivity index (χ4v) is 1.67. The van der Waals surface area contributed by atoms with Crippen LogP contribution in [0.15, 0.2) is 23.8 Å². The third-order valence-electron chi connectivity index (χ3n) is 2.59. The predicted molar refractivity (Wildman–Crippen MR) is 63.6 cm³/mol. The second kappa shape index (κ2) is 7.27. The highest BCUT2D eigenvalue weighted by atomic mass is 16.1. The Hall–Kier alpha value is -1.05. The first-order valence-electron chi connectivity index (χ1n) is 5.94. The molecule has 0 aromatic rings. The molecule has 0 fully saturated rings. The highest BCUT2D eigenvalue weighted by Crippen LogP contribution is 2.14. The molecule has 0 aromatic heterocycles. The van der Waals surface area contributed by atoms with E-state index in [9.17, 15) is 4.79 Å². The second-order valence-electron chi connectivity index (χ2n) is 4.03. The molecule has 84 valence electrons. The molecular weight excluding hydrogens is 186 g/mol. The normalized spacial score (nSPS) is 14.9. The Balaban J connectivity index is 2.12. The van der Waals surface area contributed by atoms with Gasteiger partial charge in [-0.25, -0.2) is 0 Å². The number of rotatable bonds is 6. The molecule has 0 unspecified atom stereocenters. The van der Waals surface area contributed by atoms with Gasteiger partial charge in [-0.1, -0.05) is 43.6 Å². The van der Waals surface area contributed by atoms with Crippen LogP contribution < -0.4 is 5.32 Å². The first-order valence-corrected chi connectivity index (χ1v) is 5.94. The van der Waals surface area contributed by atoms with Gasteiger partial charge in [0.15, 0.2) is 0 Å². The number of unbranched alkanes of at least 4 members (excludes halogenated alkanes) is 2. The third-order valence-corrected chi connectivity index (χ3v) is 2.59. The minimum atomic E-state index is 0.174. The van der Waals surface area contributed by atoms with Gasteiger partial charge in [0.25, 0.3) is 0 Å². The summed E-state index contributed by atoms with van der Waals surface area (Å²) in [5.74, 6) is 0.174. The van der Waals surface area contributed by atoms with Crippen molar-refractivity contribution in [3.63, 3.8) is 0 Å². The summed E-state index contributed by atoms with van der Waals surface area (Å²) >= 11 is 0. The predicted octanol–water partition coefficient (Wildman–Crippen LogP) is 2.96. The van der Waals surface area contributed by atoms with E-state index >= 15 is 0 Å². The molecule has 0 atom stereocenters. The van der Waals surface area contributed by atoms with Crippen LogP contribution in [-0.2, 0) is 4.79 Å². The Morgan fingerprint density at radius 2 is 2.33 bits per heavy atom. The molecule has 15 heavy (non-hydrogen) atoms. The summed E-state index contributed by atoms with van der Waals surface area (Å²) in [6.07, 6.45) is 12.4. The lowest BCUT2D eigenvalue weighted by Gasteiger charge is -2.09. The molecule has 1 rings (SSSR count). The van der Waals surface area contributed by atoms with Crippen LogP contribution in [0.3, 0.4) is 0 Å². The summed E-state index contributed by atoms with van der Waals surface area (Å²) in [4.78, 5) is 11.5. The van der Waals surface area contributed by atoms with E-state index < -0.39 is 0 Å². The van der Waals surface area contributed by atoms with Gasteiger partial charge >= 0.3 is 0 Å². The van der Waals surface area contributed by atoms with Crippen molar-refractivity contribution in [3.8, 4) is 0 Å². The maximum Gasteiger partial charge on any atom is 0.224 e. The molecule has 1 N–H and O–H groups in total. The topological polar surface area (TPSA) is 29.1 Å². The molecule has 2 heteroatoms. The fourth-order valence-electron chi connectivity index (χ4n) is 1.67. The summed E-state index contributed by atoms with van der Waals surface area (Å²) in [6, 6.07) is 0. The zero-order valence-corrected chi connectivity index (χ0v) is 9.59. The molecule has 0 radical (unpaired) electrons. The van der Waals surface area contributed by atoms with E-state index in [-0.39, 0.29) is 5.91 Å². The van der Waals surface area contributed by atoms with Crippen LogP contribution in [0, 0.1) is 0 Å². The van der Waals surface area contributed by atoms with Crippen molar-refractivity contribution >= 4 is 5.91 Å². The van der Waals surface area contributed by atoms with Crippen molar-refractivity contribution in [2.24, 2.45) is 0 Å². The van der Waals surface area contributed by atoms with Crippen LogP contribution in [0.1, 0.15) is 45.4 Å². The quantitative estimate of drug-likeness (QED) is 0.667. The largest absolute Gasteiger partial charge is 0.356 e. The molecule has 0 heterocycles. The van der Waals surface area contributed by atoms with E-state index in [1.54, 1.807) is 0 Å². The fraction of sp³-hybridized carbons (Fsp3) is 0.615. The van der Waals surface area contributed by atoms with Gasteiger partial charge in [0.05, 0.1) is 0 Å². The summed E-state index contributed by atoms with van der Waals surface area (Å²) in [5, 5.41) is 2.96. The molecule has 1 amide bonds. The van der Waals surface area contributed by atoms with Crippen molar-refractivity contribution in [2.75, 3.05) is 6.54 Å². The van der Waals surface area contributed by atoms with Crippen molar-refractivity contribution in [2.45, 2.75) is 45.4 Å². The van der Waals surface area contributed by atoms with Gasteiger partial charge in [0.1, 0.15) is 0 Å². The molecule has 0 aliphatic heterocycles. The molecular formula is C13H21NO. The monoisotopic (exact) mass is 207 g/mol. The summed E-state index contributed by atoms with van der Waals surface area (Å²) < 4.78 is 0. The first-order chi connectivity index (χ1) is 7.33. The number of allylic oxidation sites excluding steroid dienone is 3. The van der Waals surface area contributed by atoms with Crippen LogP contribution in [-0.4, -0.2) is 12.5 Å². The average Bonchev–Trinajstić information content (AvgIpc) is 2.26. The number of amides is 1. The van der Waals surface area contributed by atoms with Gasteiger partial charge in [-0.05, 0) is 19.3 Å². The Bertz CT molecular complexity index is 253. The van der Waals surface area contributed by atoms with Crippen molar-refractivity contribution in [3.05, 3.63) is 23.8 Å². The van der Waals surface area contributed by atoms with Gasteiger partial charge in [-0.2, -0.15) is 0 Å². The van der Waals surface area contributed by atoms with Crippen LogP contribution in [0.4, 0.5) is 0 Å². The number of carbonyl (C=O) groups excluding carboxylic acids is 1. The first kappa shape index (κ1) is 12.0. The van der Waals surface area contributed by atoms with Crippen LogP contribution in [0.2, 0.25) is 0 Å². The summed E-state index contributed by atoms with van der Waals surface area (Å²) in [7, 11) is 0. The molecule has 1 aliphatic carbocycles. The minimum absolute atomic E-state index is 0.174. The summed E-state index contributed by atoms with van der Waals surface area (Å²) in [5.41, 5.74) is 1.26. The van der Waals surface area contributed by atoms with E-state index in [0.717, 1.165) is 25.8 Å². The van der Waals surface area contributed by atoms with E-state index in [2.05, 4.69) is 24.4 Å². The minimum Gasteiger partial charge on any atom is -0.356 e. The van der Waals surface area contributed by atoms with E-state index in [0.29, 0.717) is 6.42 Å². The van der Waals surface area contributed by atoms with E-state index in [1.165, 1.54) is 18.4 Å². The maximum absolute atomic E-state index is 11.5. The van der Waals surface area contributed by atoms with E-state index in [1.807, 2.05) is 6.08 Å². The standard InChI is InChI=1S/C13H21NO/c1-2-3-7-10-14-13(15)11-12-8-5-4-6-9-12/h4-5,8H,2-3,6-7,9-11H2,1H3,(H,14,15). The highest BCUT2D eigenvalue weighted by molar-refractivity contribution is 5.78. The lowest BCUT2D eigenvalue weighted by atomic mass is 10.0. The smallest absolute Gasteiger partial charge is 0.224 e. The maximum atomic E-state index is 11.5. The Morgan fingerprint density at radius 1 is 1.47 bits per heavy atom. The molecule has 0 bridgehead atoms. The second-order valence-corrected chi connectivity index (χ2v) is 4.03. The van der Waals surface area contributed by atoms with Crippen LogP contribution >= 0.6 is 0 Å². The van der Waals surface area contributed by atoms with E-state index in [4.69, 9.17) is 0 Å². The van der Waals surface area contributed by atoms with Crippen LogP contribution in [0.25, 0.3) is 0 Å². The number of hydrogen-bond acceptors (Lipinski definition) is 1. The number of nitrogens with one attached hydrogen (secondary N) is 1. The molecule has 2 nitrogen and oxygen atoms in total. The van der Waals surface area contributed by atoms with Gasteiger partial charge in [-0.3, -0.25) is 4.79 Å². The average molecular weight is 207 g/mol. The summed E-state index contributed by atoms with van der Waals surface area (Å²) in [6.45, 7) is 3.00. The lowest BCUT2D eigenvalue weighted by Crippen LogP contribution is -2.24. The van der Waals surface area contributed by atoms with Crippen molar-refractivity contribution in [1.82, 2.24) is 5.32 Å².